The van der Waals surface area contributed by atoms with Crippen LogP contribution in [0.2, 0.25) is 10.0 Å². The summed E-state index contributed by atoms with van der Waals surface area (Å²) < 4.78 is 32.8. The average molecular weight is 788 g/mol. The summed E-state index contributed by atoms with van der Waals surface area (Å²) in [6.45, 7) is 2.61. The van der Waals surface area contributed by atoms with Crippen molar-refractivity contribution in [3.8, 4) is 5.75 Å². The van der Waals surface area contributed by atoms with Crippen molar-refractivity contribution in [1.82, 2.24) is 4.72 Å². The van der Waals surface area contributed by atoms with E-state index in [1.54, 1.807) is 42.8 Å². The van der Waals surface area contributed by atoms with Crippen LogP contribution in [0, 0.1) is 0 Å². The number of rotatable bonds is 10. The van der Waals surface area contributed by atoms with Crippen molar-refractivity contribution in [3.05, 3.63) is 119 Å². The molecular formula is C37H37Cl3N4O3S3. The molecule has 0 atom stereocenters. The van der Waals surface area contributed by atoms with Crippen LogP contribution in [0.4, 0.5) is 22.7 Å². The van der Waals surface area contributed by atoms with Gasteiger partial charge in [-0.2, -0.15) is 0 Å². The monoisotopic (exact) mass is 786 g/mol. The summed E-state index contributed by atoms with van der Waals surface area (Å²) >= 11 is 15.9. The molecule has 5 aromatic carbocycles. The van der Waals surface area contributed by atoms with Crippen LogP contribution in [0.1, 0.15) is 12.8 Å². The average Bonchev–Trinajstić information content (AvgIpc) is 3.12. The number of nitrogens with zero attached hydrogens (tertiary/aromatic N) is 2. The Morgan fingerprint density at radius 2 is 1.16 bits per heavy atom. The second-order valence-electron chi connectivity index (χ2n) is 11.2. The van der Waals surface area contributed by atoms with Crippen LogP contribution in [-0.4, -0.2) is 41.7 Å². The molecule has 0 amide bonds. The molecule has 7 nitrogen and oxygen atoms in total. The number of fused-ring (bicyclic) bond motifs is 4. The van der Waals surface area contributed by atoms with Crippen molar-refractivity contribution < 1.29 is 13.2 Å². The Balaban J connectivity index is 0.000000209. The lowest BCUT2D eigenvalue weighted by Gasteiger charge is -2.33. The SMILES string of the molecule is COc1ccc(S(=O)(=O)NCCCN2c3ccccc3Sc3ccc(Cl)cc32)cc1.Cl.NCCCN1c2ccccc2Sc2ccc(Cl)cc21. The highest BCUT2D eigenvalue weighted by Gasteiger charge is 2.24. The van der Waals surface area contributed by atoms with Crippen molar-refractivity contribution >= 4 is 91.9 Å². The van der Waals surface area contributed by atoms with E-state index < -0.39 is 10.0 Å². The van der Waals surface area contributed by atoms with Gasteiger partial charge >= 0.3 is 0 Å². The summed E-state index contributed by atoms with van der Waals surface area (Å²) in [5.41, 5.74) is 10.2. The van der Waals surface area contributed by atoms with Crippen molar-refractivity contribution in [2.45, 2.75) is 37.3 Å². The molecule has 50 heavy (non-hydrogen) atoms. The van der Waals surface area contributed by atoms with E-state index in [0.29, 0.717) is 36.8 Å². The Morgan fingerprint density at radius 3 is 1.66 bits per heavy atom. The van der Waals surface area contributed by atoms with E-state index in [9.17, 15) is 8.42 Å². The number of para-hydroxylation sites is 2. The molecule has 2 heterocycles. The number of hydrogen-bond acceptors (Lipinski definition) is 8. The summed E-state index contributed by atoms with van der Waals surface area (Å²) in [4.78, 5) is 9.59. The molecule has 0 aromatic heterocycles. The number of methoxy groups -OCH3 is 1. The maximum atomic E-state index is 12.5. The number of hydrogen-bond donors (Lipinski definition) is 2. The van der Waals surface area contributed by atoms with Gasteiger partial charge in [-0.1, -0.05) is 71.0 Å². The molecule has 5 aromatic rings. The summed E-state index contributed by atoms with van der Waals surface area (Å²) in [6, 6.07) is 35.0. The van der Waals surface area contributed by atoms with Gasteiger partial charge in [0.1, 0.15) is 5.75 Å². The van der Waals surface area contributed by atoms with Gasteiger partial charge in [0, 0.05) is 49.3 Å². The lowest BCUT2D eigenvalue weighted by Crippen LogP contribution is -2.29. The maximum Gasteiger partial charge on any atom is 0.240 e. The topological polar surface area (TPSA) is 87.9 Å². The van der Waals surface area contributed by atoms with Crippen LogP contribution >= 0.6 is 59.1 Å². The van der Waals surface area contributed by atoms with E-state index in [2.05, 4.69) is 57.0 Å². The van der Waals surface area contributed by atoms with Crippen LogP contribution in [0.15, 0.2) is 134 Å². The molecule has 2 aliphatic rings. The van der Waals surface area contributed by atoms with Crippen molar-refractivity contribution in [2.24, 2.45) is 5.73 Å². The first-order chi connectivity index (χ1) is 23.8. The summed E-state index contributed by atoms with van der Waals surface area (Å²) in [7, 11) is -2.02. The van der Waals surface area contributed by atoms with Gasteiger partial charge in [-0.15, -0.1) is 12.4 Å². The Kier molecular flexibility index (Phi) is 13.3. The first kappa shape index (κ1) is 38.2. The molecule has 7 rings (SSSR count). The van der Waals surface area contributed by atoms with E-state index in [-0.39, 0.29) is 17.3 Å². The van der Waals surface area contributed by atoms with Gasteiger partial charge in [0.2, 0.25) is 10.0 Å². The minimum atomic E-state index is -3.57. The van der Waals surface area contributed by atoms with Gasteiger partial charge in [0.15, 0.2) is 0 Å². The molecule has 3 N–H and O–H groups in total. The van der Waals surface area contributed by atoms with Gasteiger partial charge < -0.3 is 20.3 Å². The van der Waals surface area contributed by atoms with E-state index in [1.165, 1.54) is 38.2 Å². The Hall–Kier alpha value is -3.06. The Bertz CT molecular complexity index is 2030. The third-order valence-corrected chi connectivity index (χ3v) is 12.2. The second kappa shape index (κ2) is 17.4. The molecule has 0 saturated heterocycles. The summed E-state index contributed by atoms with van der Waals surface area (Å²) in [5, 5.41) is 1.45. The number of nitrogens with one attached hydrogen (secondary N) is 1. The second-order valence-corrected chi connectivity index (χ2v) is 16.0. The highest BCUT2D eigenvalue weighted by atomic mass is 35.5. The molecule has 2 aliphatic heterocycles. The molecule has 0 saturated carbocycles. The Labute approximate surface area is 318 Å². The number of anilines is 4. The van der Waals surface area contributed by atoms with Crippen LogP contribution < -0.4 is 25.0 Å². The first-order valence-corrected chi connectivity index (χ1v) is 19.7. The zero-order chi connectivity index (χ0) is 34.4. The smallest absolute Gasteiger partial charge is 0.240 e. The molecule has 0 bridgehead atoms. The number of benzene rings is 5. The lowest BCUT2D eigenvalue weighted by atomic mass is 10.2. The van der Waals surface area contributed by atoms with Crippen LogP contribution in [0.25, 0.3) is 0 Å². The normalized spacial score (nSPS) is 12.7. The maximum absolute atomic E-state index is 12.5. The van der Waals surface area contributed by atoms with Gasteiger partial charge in [-0.05, 0) is 104 Å². The molecule has 0 unspecified atom stereocenters. The molecule has 262 valence electrons. The standard InChI is InChI=1S/C22H21ClN2O3S2.C15H15ClN2S.ClH/c1-28-17-8-10-18(11-9-17)30(26,27)24-13-4-14-25-19-5-2-3-6-21(19)29-22-12-7-16(23)15-20(22)25;16-11-6-7-15-13(10-11)18(9-3-8-17)12-4-1-2-5-14(12)19-15;/h2-3,5-12,15,24H,4,13-14H2,1H3;1-2,4-7,10H,3,8-9,17H2;1H. The number of halogens is 3. The molecule has 0 fully saturated rings. The molecular weight excluding hydrogens is 751 g/mol. The Morgan fingerprint density at radius 1 is 0.680 bits per heavy atom. The fourth-order valence-electron chi connectivity index (χ4n) is 5.62. The molecule has 0 aliphatic carbocycles. The number of sulfonamides is 1. The highest BCUT2D eigenvalue weighted by molar-refractivity contribution is 8.00. The van der Waals surface area contributed by atoms with Gasteiger partial charge in [-0.25, -0.2) is 13.1 Å². The van der Waals surface area contributed by atoms with Gasteiger partial charge in [0.05, 0.1) is 34.8 Å². The fourth-order valence-corrected chi connectivity index (χ4v) is 9.18. The lowest BCUT2D eigenvalue weighted by molar-refractivity contribution is 0.414. The first-order valence-electron chi connectivity index (χ1n) is 15.8. The minimum Gasteiger partial charge on any atom is -0.497 e. The van der Waals surface area contributed by atoms with Crippen LogP contribution in [0.3, 0.4) is 0 Å². The zero-order valence-corrected chi connectivity index (χ0v) is 32.0. The van der Waals surface area contributed by atoms with Crippen molar-refractivity contribution in [2.75, 3.05) is 43.1 Å². The van der Waals surface area contributed by atoms with E-state index in [1.807, 2.05) is 42.5 Å². The molecule has 13 heteroatoms. The van der Waals surface area contributed by atoms with Gasteiger partial charge in [-0.3, -0.25) is 0 Å². The summed E-state index contributed by atoms with van der Waals surface area (Å²) in [5.74, 6) is 0.618. The van der Waals surface area contributed by atoms with E-state index >= 15 is 0 Å². The zero-order valence-electron chi connectivity index (χ0n) is 27.2. The van der Waals surface area contributed by atoms with E-state index in [4.69, 9.17) is 33.7 Å². The van der Waals surface area contributed by atoms with E-state index in [0.717, 1.165) is 34.3 Å². The number of nitrogens with two attached hydrogens (primary N) is 1. The third kappa shape index (κ3) is 8.86. The highest BCUT2D eigenvalue weighted by Crippen LogP contribution is 2.50. The van der Waals surface area contributed by atoms with Crippen molar-refractivity contribution in [1.29, 1.82) is 0 Å². The summed E-state index contributed by atoms with van der Waals surface area (Å²) in [6.07, 6.45) is 1.60. The van der Waals surface area contributed by atoms with Crippen LogP contribution in [0.5, 0.6) is 5.75 Å². The molecule has 0 spiro atoms. The largest absolute Gasteiger partial charge is 0.497 e. The third-order valence-electron chi connectivity index (χ3n) is 7.98. The predicted octanol–water partition coefficient (Wildman–Crippen LogP) is 10.0. The predicted molar refractivity (Wildman–Crippen MR) is 212 cm³/mol. The van der Waals surface area contributed by atoms with Crippen molar-refractivity contribution in [3.63, 3.8) is 0 Å². The number of ether oxygens (including phenoxy) is 1. The van der Waals surface area contributed by atoms with Crippen LogP contribution in [-0.2, 0) is 10.0 Å². The molecule has 0 radical (unpaired) electrons. The minimum absolute atomic E-state index is 0. The fraction of sp³-hybridized carbons (Fsp3) is 0.189. The quantitative estimate of drug-likeness (QED) is 0.135. The van der Waals surface area contributed by atoms with Gasteiger partial charge in [0.25, 0.3) is 0 Å².